The van der Waals surface area contributed by atoms with E-state index in [9.17, 15) is 4.79 Å². The van der Waals surface area contributed by atoms with E-state index in [1.165, 1.54) is 0 Å². The molecule has 1 aromatic heterocycles. The number of thiazole rings is 1. The number of nitrogens with two attached hydrogens (primary N) is 1. The van der Waals surface area contributed by atoms with Gasteiger partial charge in [0.2, 0.25) is 5.91 Å². The zero-order valence-corrected chi connectivity index (χ0v) is 13.9. The molecule has 0 saturated carbocycles. The van der Waals surface area contributed by atoms with Crippen molar-refractivity contribution in [2.24, 2.45) is 5.73 Å². The lowest BCUT2D eigenvalue weighted by atomic mass is 10.2. The molecule has 1 amide bonds. The third-order valence-corrected chi connectivity index (χ3v) is 5.21. The molecule has 2 atom stereocenters. The maximum atomic E-state index is 12.2. The van der Waals surface area contributed by atoms with E-state index < -0.39 is 0 Å². The van der Waals surface area contributed by atoms with Gasteiger partial charge in [-0.3, -0.25) is 4.79 Å². The molecule has 3 N–H and O–H groups in total. The van der Waals surface area contributed by atoms with Crippen LogP contribution < -0.4 is 11.1 Å². The summed E-state index contributed by atoms with van der Waals surface area (Å²) >= 11 is 1.62. The van der Waals surface area contributed by atoms with Crippen LogP contribution in [0.1, 0.15) is 23.4 Å². The van der Waals surface area contributed by atoms with Crippen molar-refractivity contribution in [3.63, 3.8) is 0 Å². The predicted octanol–water partition coefficient (Wildman–Crippen LogP) is 2.24. The minimum Gasteiger partial charge on any atom is -0.364 e. The Morgan fingerprint density at radius 1 is 1.39 bits per heavy atom. The number of benzene rings is 1. The van der Waals surface area contributed by atoms with Crippen molar-refractivity contribution in [1.82, 2.24) is 10.3 Å². The first kappa shape index (κ1) is 16.1. The van der Waals surface area contributed by atoms with Crippen molar-refractivity contribution < 1.29 is 9.53 Å². The molecule has 122 valence electrons. The second-order valence-corrected chi connectivity index (χ2v) is 6.75. The van der Waals surface area contributed by atoms with Crippen molar-refractivity contribution in [3.05, 3.63) is 40.9 Å². The van der Waals surface area contributed by atoms with E-state index in [4.69, 9.17) is 10.5 Å². The second-order valence-electron chi connectivity index (χ2n) is 5.67. The van der Waals surface area contributed by atoms with E-state index in [0.717, 1.165) is 34.0 Å². The third kappa shape index (κ3) is 3.77. The molecule has 1 aromatic carbocycles. The Bertz CT molecular complexity index is 672. The summed E-state index contributed by atoms with van der Waals surface area (Å²) in [6.45, 7) is 2.93. The highest BCUT2D eigenvalue weighted by Crippen LogP contribution is 2.27. The Morgan fingerprint density at radius 2 is 2.17 bits per heavy atom. The average molecular weight is 331 g/mol. The predicted molar refractivity (Wildman–Crippen MR) is 91.1 cm³/mol. The summed E-state index contributed by atoms with van der Waals surface area (Å²) in [5, 5.41) is 3.94. The van der Waals surface area contributed by atoms with Crippen LogP contribution in [0.5, 0.6) is 0 Å². The average Bonchev–Trinajstić information content (AvgIpc) is 3.20. The molecule has 0 spiro atoms. The van der Waals surface area contributed by atoms with E-state index in [2.05, 4.69) is 10.3 Å². The number of ether oxygens (including phenoxy) is 1. The number of carbonyl (C=O) groups excluding carboxylic acids is 1. The molecule has 3 rings (SSSR count). The molecule has 0 aliphatic carbocycles. The summed E-state index contributed by atoms with van der Waals surface area (Å²) in [4.78, 5) is 17.9. The minimum atomic E-state index is -0.370. The van der Waals surface area contributed by atoms with Gasteiger partial charge in [-0.25, -0.2) is 4.98 Å². The Balaban J connectivity index is 1.61. The Kier molecular flexibility index (Phi) is 5.05. The number of aryl methyl sites for hydroxylation is 1. The monoisotopic (exact) mass is 331 g/mol. The number of hydrogen-bond acceptors (Lipinski definition) is 5. The maximum Gasteiger partial charge on any atom is 0.249 e. The SMILES string of the molecule is Cc1nc(-c2ccccc2)sc1CNC(=O)[C@@H]1CC[C@H](CN)O1. The largest absolute Gasteiger partial charge is 0.364 e. The van der Waals surface area contributed by atoms with E-state index in [-0.39, 0.29) is 18.1 Å². The van der Waals surface area contributed by atoms with Crippen LogP contribution in [0.15, 0.2) is 30.3 Å². The first-order chi connectivity index (χ1) is 11.2. The van der Waals surface area contributed by atoms with Crippen LogP contribution in [-0.4, -0.2) is 29.6 Å². The van der Waals surface area contributed by atoms with Crippen LogP contribution in [0.4, 0.5) is 0 Å². The van der Waals surface area contributed by atoms with Gasteiger partial charge in [0.1, 0.15) is 11.1 Å². The van der Waals surface area contributed by atoms with E-state index in [1.807, 2.05) is 37.3 Å². The van der Waals surface area contributed by atoms with Crippen LogP contribution >= 0.6 is 11.3 Å². The van der Waals surface area contributed by atoms with E-state index in [1.54, 1.807) is 11.3 Å². The Morgan fingerprint density at radius 3 is 2.87 bits per heavy atom. The fraction of sp³-hybridized carbons (Fsp3) is 0.412. The topological polar surface area (TPSA) is 77.2 Å². The summed E-state index contributed by atoms with van der Waals surface area (Å²) in [7, 11) is 0. The summed E-state index contributed by atoms with van der Waals surface area (Å²) in [5.74, 6) is -0.0602. The molecule has 0 unspecified atom stereocenters. The number of nitrogens with one attached hydrogen (secondary N) is 1. The molecule has 2 heterocycles. The molecule has 1 fully saturated rings. The van der Waals surface area contributed by atoms with Crippen molar-refractivity contribution >= 4 is 17.2 Å². The van der Waals surface area contributed by atoms with Crippen LogP contribution in [0.2, 0.25) is 0 Å². The molecule has 1 saturated heterocycles. The van der Waals surface area contributed by atoms with Gasteiger partial charge in [0.05, 0.1) is 18.3 Å². The molecule has 0 radical (unpaired) electrons. The van der Waals surface area contributed by atoms with Crippen molar-refractivity contribution in [3.8, 4) is 10.6 Å². The minimum absolute atomic E-state index is 0.0144. The highest BCUT2D eigenvalue weighted by molar-refractivity contribution is 7.15. The van der Waals surface area contributed by atoms with Crippen LogP contribution in [0, 0.1) is 6.92 Å². The smallest absolute Gasteiger partial charge is 0.249 e. The van der Waals surface area contributed by atoms with E-state index in [0.29, 0.717) is 13.1 Å². The lowest BCUT2D eigenvalue weighted by Gasteiger charge is -2.12. The number of aromatic nitrogens is 1. The van der Waals surface area contributed by atoms with Crippen molar-refractivity contribution in [1.29, 1.82) is 0 Å². The van der Waals surface area contributed by atoms with Crippen molar-refractivity contribution in [2.45, 2.75) is 38.5 Å². The van der Waals surface area contributed by atoms with Gasteiger partial charge in [-0.2, -0.15) is 0 Å². The Hall–Kier alpha value is -1.76. The number of carbonyl (C=O) groups is 1. The number of nitrogens with zero attached hydrogens (tertiary/aromatic N) is 1. The molecule has 1 aliphatic rings. The quantitative estimate of drug-likeness (QED) is 0.881. The van der Waals surface area contributed by atoms with Gasteiger partial charge in [-0.15, -0.1) is 11.3 Å². The molecular formula is C17H21N3O2S. The molecule has 1 aliphatic heterocycles. The van der Waals surface area contributed by atoms with Gasteiger partial charge in [0, 0.05) is 17.0 Å². The van der Waals surface area contributed by atoms with Gasteiger partial charge in [-0.1, -0.05) is 30.3 Å². The number of hydrogen-bond donors (Lipinski definition) is 2. The fourth-order valence-corrected chi connectivity index (χ4v) is 3.66. The van der Waals surface area contributed by atoms with Crippen LogP contribution in [0.3, 0.4) is 0 Å². The molecule has 0 bridgehead atoms. The summed E-state index contributed by atoms with van der Waals surface area (Å²) in [5.41, 5.74) is 7.64. The first-order valence-electron chi connectivity index (χ1n) is 7.82. The summed E-state index contributed by atoms with van der Waals surface area (Å²) in [6, 6.07) is 10.1. The fourth-order valence-electron chi connectivity index (χ4n) is 2.65. The van der Waals surface area contributed by atoms with Crippen LogP contribution in [-0.2, 0) is 16.1 Å². The summed E-state index contributed by atoms with van der Waals surface area (Å²) < 4.78 is 5.62. The molecule has 23 heavy (non-hydrogen) atoms. The highest BCUT2D eigenvalue weighted by atomic mass is 32.1. The third-order valence-electron chi connectivity index (χ3n) is 4.00. The molecule has 6 heteroatoms. The first-order valence-corrected chi connectivity index (χ1v) is 8.64. The van der Waals surface area contributed by atoms with Crippen molar-refractivity contribution in [2.75, 3.05) is 6.54 Å². The van der Waals surface area contributed by atoms with Gasteiger partial charge < -0.3 is 15.8 Å². The maximum absolute atomic E-state index is 12.2. The van der Waals surface area contributed by atoms with E-state index >= 15 is 0 Å². The van der Waals surface area contributed by atoms with Gasteiger partial charge in [0.15, 0.2) is 0 Å². The van der Waals surface area contributed by atoms with Crippen LogP contribution in [0.25, 0.3) is 10.6 Å². The normalized spacial score (nSPS) is 20.6. The number of rotatable bonds is 5. The lowest BCUT2D eigenvalue weighted by molar-refractivity contribution is -0.132. The molecule has 5 nitrogen and oxygen atoms in total. The summed E-state index contributed by atoms with van der Waals surface area (Å²) in [6.07, 6.45) is 1.24. The zero-order chi connectivity index (χ0) is 16.2. The molecule has 2 aromatic rings. The highest BCUT2D eigenvalue weighted by Gasteiger charge is 2.29. The number of amides is 1. The van der Waals surface area contributed by atoms with Gasteiger partial charge in [0.25, 0.3) is 0 Å². The van der Waals surface area contributed by atoms with Gasteiger partial charge in [-0.05, 0) is 19.8 Å². The Labute approximate surface area is 139 Å². The standard InChI is InChI=1S/C17H21N3O2S/c1-11-15(23-17(20-11)12-5-3-2-4-6-12)10-19-16(21)14-8-7-13(9-18)22-14/h2-6,13-14H,7-10,18H2,1H3,(H,19,21)/t13-,14+/m1/s1. The second kappa shape index (κ2) is 7.21. The zero-order valence-electron chi connectivity index (χ0n) is 13.1. The lowest BCUT2D eigenvalue weighted by Crippen LogP contribution is -2.35. The van der Waals surface area contributed by atoms with Gasteiger partial charge >= 0.3 is 0 Å². The molecular weight excluding hydrogens is 310 g/mol.